The number of rotatable bonds is 4. The first-order chi connectivity index (χ1) is 13.0. The molecule has 0 aliphatic heterocycles. The van der Waals surface area contributed by atoms with Gasteiger partial charge in [-0.2, -0.15) is 0 Å². The third-order valence-corrected chi connectivity index (χ3v) is 5.40. The van der Waals surface area contributed by atoms with E-state index in [1.54, 1.807) is 18.5 Å². The fourth-order valence-electron chi connectivity index (χ4n) is 3.83. The van der Waals surface area contributed by atoms with E-state index in [0.29, 0.717) is 22.5 Å². The Balaban J connectivity index is 1.68. The number of pyridine rings is 1. The van der Waals surface area contributed by atoms with E-state index in [0.717, 1.165) is 30.2 Å². The summed E-state index contributed by atoms with van der Waals surface area (Å²) in [6.45, 7) is 0. The third kappa shape index (κ3) is 3.61. The smallest absolute Gasteiger partial charge is 0.183 e. The highest BCUT2D eigenvalue weighted by Crippen LogP contribution is 2.29. The number of nitrogens with zero attached hydrogens (tertiary/aromatic N) is 4. The largest absolute Gasteiger partial charge is 0.363 e. The van der Waals surface area contributed by atoms with Crippen LogP contribution in [0.25, 0.3) is 22.4 Å². The molecule has 2 atom stereocenters. The number of hydrogen-bond acceptors (Lipinski definition) is 5. The summed E-state index contributed by atoms with van der Waals surface area (Å²) in [6.07, 6.45) is 8.98. The number of nitrogens with one attached hydrogen (secondary N) is 2. The molecular formula is C19H22ClFN6. The van der Waals surface area contributed by atoms with Gasteiger partial charge >= 0.3 is 0 Å². The Hall–Kier alpha value is -2.25. The molecule has 0 amide bonds. The Morgan fingerprint density at radius 2 is 2.04 bits per heavy atom. The molecule has 142 valence electrons. The van der Waals surface area contributed by atoms with Gasteiger partial charge in [0.15, 0.2) is 17.5 Å². The second-order valence-corrected chi connectivity index (χ2v) is 7.64. The second-order valence-electron chi connectivity index (χ2n) is 7.21. The van der Waals surface area contributed by atoms with E-state index in [1.165, 1.54) is 12.6 Å². The molecule has 0 radical (unpaired) electrons. The lowest BCUT2D eigenvalue weighted by Gasteiger charge is -2.36. The highest BCUT2D eigenvalue weighted by molar-refractivity contribution is 6.31. The number of halogens is 2. The van der Waals surface area contributed by atoms with E-state index in [1.807, 2.05) is 0 Å². The lowest BCUT2D eigenvalue weighted by atomic mass is 9.89. The molecule has 1 aliphatic carbocycles. The van der Waals surface area contributed by atoms with E-state index in [2.05, 4.69) is 44.2 Å². The Morgan fingerprint density at radius 3 is 2.85 bits per heavy atom. The predicted molar refractivity (Wildman–Crippen MR) is 105 cm³/mol. The van der Waals surface area contributed by atoms with E-state index < -0.39 is 5.82 Å². The van der Waals surface area contributed by atoms with Gasteiger partial charge in [0.1, 0.15) is 5.65 Å². The fourth-order valence-corrected chi connectivity index (χ4v) is 3.99. The molecule has 1 aliphatic rings. The van der Waals surface area contributed by atoms with Crippen LogP contribution in [-0.4, -0.2) is 51.0 Å². The van der Waals surface area contributed by atoms with Crippen molar-refractivity contribution in [3.05, 3.63) is 35.5 Å². The SMILES string of the molecule is CN(C)C1CCCC[C@@H]1Nc1nc(-c2c[nH]c3ncc(Cl)cc23)ncc1F. The van der Waals surface area contributed by atoms with Crippen molar-refractivity contribution in [1.29, 1.82) is 0 Å². The van der Waals surface area contributed by atoms with Gasteiger partial charge in [0.25, 0.3) is 0 Å². The standard InChI is InChI=1S/C19H22ClFN6/c1-27(2)16-6-4-3-5-15(16)25-19-14(21)10-24-18(26-19)13-9-23-17-12(13)7-11(20)8-22-17/h7-10,15-16H,3-6H2,1-2H3,(H,22,23)(H,24,25,26)/t15-,16?/m0/s1. The minimum atomic E-state index is -0.446. The number of aromatic nitrogens is 4. The second kappa shape index (κ2) is 7.40. The summed E-state index contributed by atoms with van der Waals surface area (Å²) in [4.78, 5) is 18.2. The molecule has 0 aromatic carbocycles. The first-order valence-electron chi connectivity index (χ1n) is 9.11. The predicted octanol–water partition coefficient (Wildman–Crippen LogP) is 4.10. The maximum Gasteiger partial charge on any atom is 0.183 e. The quantitative estimate of drug-likeness (QED) is 0.704. The number of H-pyrrole nitrogens is 1. The van der Waals surface area contributed by atoms with E-state index in [4.69, 9.17) is 11.6 Å². The molecule has 0 saturated heterocycles. The normalized spacial score (nSPS) is 20.3. The van der Waals surface area contributed by atoms with Gasteiger partial charge in [-0.15, -0.1) is 0 Å². The van der Waals surface area contributed by atoms with Gasteiger partial charge in [0.2, 0.25) is 0 Å². The maximum absolute atomic E-state index is 14.4. The van der Waals surface area contributed by atoms with Crippen molar-refractivity contribution < 1.29 is 4.39 Å². The van der Waals surface area contributed by atoms with Crippen LogP contribution in [0.2, 0.25) is 5.02 Å². The average Bonchev–Trinajstić information content (AvgIpc) is 3.07. The Morgan fingerprint density at radius 1 is 1.22 bits per heavy atom. The van der Waals surface area contributed by atoms with Crippen LogP contribution >= 0.6 is 11.6 Å². The van der Waals surface area contributed by atoms with Crippen LogP contribution in [-0.2, 0) is 0 Å². The fraction of sp³-hybridized carbons (Fsp3) is 0.421. The van der Waals surface area contributed by atoms with Crippen molar-refractivity contribution in [2.24, 2.45) is 0 Å². The Bertz CT molecular complexity index is 957. The van der Waals surface area contributed by atoms with Crippen LogP contribution in [0.3, 0.4) is 0 Å². The molecule has 0 spiro atoms. The highest BCUT2D eigenvalue weighted by Gasteiger charge is 2.28. The molecule has 27 heavy (non-hydrogen) atoms. The van der Waals surface area contributed by atoms with Crippen molar-refractivity contribution in [2.75, 3.05) is 19.4 Å². The van der Waals surface area contributed by atoms with E-state index in [-0.39, 0.29) is 11.9 Å². The zero-order chi connectivity index (χ0) is 19.0. The topological polar surface area (TPSA) is 69.7 Å². The molecule has 0 bridgehead atoms. The van der Waals surface area contributed by atoms with Gasteiger partial charge in [-0.3, -0.25) is 0 Å². The van der Waals surface area contributed by atoms with Gasteiger partial charge in [-0.1, -0.05) is 24.4 Å². The van der Waals surface area contributed by atoms with Crippen molar-refractivity contribution in [1.82, 2.24) is 24.8 Å². The zero-order valence-corrected chi connectivity index (χ0v) is 16.1. The van der Waals surface area contributed by atoms with Crippen LogP contribution in [0.4, 0.5) is 10.2 Å². The summed E-state index contributed by atoms with van der Waals surface area (Å²) in [5.41, 5.74) is 1.44. The van der Waals surface area contributed by atoms with Crippen molar-refractivity contribution in [3.8, 4) is 11.4 Å². The number of aromatic amines is 1. The molecule has 3 aromatic rings. The van der Waals surface area contributed by atoms with Crippen molar-refractivity contribution in [3.63, 3.8) is 0 Å². The molecule has 2 N–H and O–H groups in total. The number of anilines is 1. The number of fused-ring (bicyclic) bond motifs is 1. The summed E-state index contributed by atoms with van der Waals surface area (Å²) >= 11 is 6.07. The minimum absolute atomic E-state index is 0.157. The summed E-state index contributed by atoms with van der Waals surface area (Å²) in [7, 11) is 4.13. The van der Waals surface area contributed by atoms with Crippen LogP contribution in [0.5, 0.6) is 0 Å². The molecule has 4 rings (SSSR count). The first kappa shape index (κ1) is 18.1. The molecule has 1 unspecified atom stereocenters. The van der Waals surface area contributed by atoms with Crippen LogP contribution in [0.1, 0.15) is 25.7 Å². The van der Waals surface area contributed by atoms with Gasteiger partial charge in [-0.05, 0) is 33.0 Å². The molecular weight excluding hydrogens is 367 g/mol. The van der Waals surface area contributed by atoms with Crippen LogP contribution < -0.4 is 5.32 Å². The van der Waals surface area contributed by atoms with Crippen molar-refractivity contribution >= 4 is 28.5 Å². The maximum atomic E-state index is 14.4. The van der Waals surface area contributed by atoms with Gasteiger partial charge in [-0.25, -0.2) is 19.3 Å². The van der Waals surface area contributed by atoms with Crippen LogP contribution in [0, 0.1) is 5.82 Å². The molecule has 1 saturated carbocycles. The lowest BCUT2D eigenvalue weighted by Crippen LogP contribution is -2.45. The summed E-state index contributed by atoms with van der Waals surface area (Å²) < 4.78 is 14.4. The van der Waals surface area contributed by atoms with Crippen LogP contribution in [0.15, 0.2) is 24.7 Å². The minimum Gasteiger partial charge on any atom is -0.363 e. The van der Waals surface area contributed by atoms with E-state index in [9.17, 15) is 4.39 Å². The molecule has 3 aromatic heterocycles. The Labute approximate surface area is 162 Å². The molecule has 6 nitrogen and oxygen atoms in total. The number of likely N-dealkylation sites (N-methyl/N-ethyl adjacent to an activating group) is 1. The summed E-state index contributed by atoms with van der Waals surface area (Å²) in [5, 5.41) is 4.66. The molecule has 8 heteroatoms. The van der Waals surface area contributed by atoms with E-state index >= 15 is 0 Å². The molecule has 1 fully saturated rings. The van der Waals surface area contributed by atoms with Gasteiger partial charge in [0.05, 0.1) is 11.2 Å². The Kier molecular flexibility index (Phi) is 4.97. The monoisotopic (exact) mass is 388 g/mol. The first-order valence-corrected chi connectivity index (χ1v) is 9.49. The average molecular weight is 389 g/mol. The summed E-state index contributed by atoms with van der Waals surface area (Å²) in [6, 6.07) is 2.32. The van der Waals surface area contributed by atoms with Gasteiger partial charge in [0, 0.05) is 35.4 Å². The molecule has 3 heterocycles. The third-order valence-electron chi connectivity index (χ3n) is 5.20. The van der Waals surface area contributed by atoms with Gasteiger partial charge < -0.3 is 15.2 Å². The lowest BCUT2D eigenvalue weighted by molar-refractivity contribution is 0.211. The highest BCUT2D eigenvalue weighted by atomic mass is 35.5. The zero-order valence-electron chi connectivity index (χ0n) is 15.3. The summed E-state index contributed by atoms with van der Waals surface area (Å²) in [5.74, 6) is 0.229. The van der Waals surface area contributed by atoms with Crippen molar-refractivity contribution in [2.45, 2.75) is 37.8 Å². The number of hydrogen-bond donors (Lipinski definition) is 2.